The molecular weight excluding hydrogens is 166 g/mol. The molecule has 1 unspecified atom stereocenters. The van der Waals surface area contributed by atoms with Crippen molar-refractivity contribution in [1.82, 2.24) is 0 Å². The molecule has 0 rings (SSSR count). The van der Waals surface area contributed by atoms with Crippen LogP contribution in [0, 0.1) is 5.92 Å². The van der Waals surface area contributed by atoms with Gasteiger partial charge in [0.15, 0.2) is 0 Å². The topological polar surface area (TPSA) is 80.4 Å². The molecule has 0 aliphatic heterocycles. The van der Waals surface area contributed by atoms with Crippen molar-refractivity contribution in [2.75, 3.05) is 12.3 Å². The SMILES string of the molecule is CC(CN)CCCS(=O)(=O)O. The summed E-state index contributed by atoms with van der Waals surface area (Å²) in [5.41, 5.74) is 5.31. The maximum atomic E-state index is 10.2. The molecule has 0 aliphatic rings. The van der Waals surface area contributed by atoms with Gasteiger partial charge in [0.2, 0.25) is 0 Å². The molecule has 0 aromatic carbocycles. The van der Waals surface area contributed by atoms with Crippen LogP contribution in [0.15, 0.2) is 0 Å². The van der Waals surface area contributed by atoms with Crippen LogP contribution in [0.1, 0.15) is 19.8 Å². The average molecular weight is 181 g/mol. The molecule has 5 heteroatoms. The van der Waals surface area contributed by atoms with E-state index in [9.17, 15) is 8.42 Å². The second kappa shape index (κ2) is 4.69. The number of rotatable bonds is 5. The van der Waals surface area contributed by atoms with Crippen LogP contribution >= 0.6 is 0 Å². The predicted molar refractivity (Wildman–Crippen MR) is 43.9 cm³/mol. The maximum absolute atomic E-state index is 10.2. The molecule has 0 spiro atoms. The molecule has 0 amide bonds. The van der Waals surface area contributed by atoms with Gasteiger partial charge < -0.3 is 5.73 Å². The first-order chi connectivity index (χ1) is 4.95. The summed E-state index contributed by atoms with van der Waals surface area (Å²) in [7, 11) is -3.77. The molecule has 4 nitrogen and oxygen atoms in total. The first kappa shape index (κ1) is 10.9. The van der Waals surface area contributed by atoms with Gasteiger partial charge in [0.25, 0.3) is 10.1 Å². The van der Waals surface area contributed by atoms with Crippen LogP contribution in [0.3, 0.4) is 0 Å². The lowest BCUT2D eigenvalue weighted by Gasteiger charge is -2.05. The summed E-state index contributed by atoms with van der Waals surface area (Å²) in [6, 6.07) is 0. The van der Waals surface area contributed by atoms with Gasteiger partial charge in [-0.1, -0.05) is 6.92 Å². The van der Waals surface area contributed by atoms with Gasteiger partial charge in [-0.2, -0.15) is 8.42 Å². The molecule has 0 radical (unpaired) electrons. The summed E-state index contributed by atoms with van der Waals surface area (Å²) < 4.78 is 28.8. The molecule has 68 valence electrons. The fraction of sp³-hybridized carbons (Fsp3) is 1.00. The lowest BCUT2D eigenvalue weighted by atomic mass is 10.1. The Labute approximate surface area is 67.5 Å². The van der Waals surface area contributed by atoms with Crippen molar-refractivity contribution in [3.8, 4) is 0 Å². The smallest absolute Gasteiger partial charge is 0.264 e. The van der Waals surface area contributed by atoms with Gasteiger partial charge in [-0.3, -0.25) is 4.55 Å². The van der Waals surface area contributed by atoms with Crippen LogP contribution in [0.25, 0.3) is 0 Å². The monoisotopic (exact) mass is 181 g/mol. The van der Waals surface area contributed by atoms with E-state index in [1.165, 1.54) is 0 Å². The van der Waals surface area contributed by atoms with Gasteiger partial charge in [0, 0.05) is 0 Å². The van der Waals surface area contributed by atoms with Gasteiger partial charge in [0.1, 0.15) is 0 Å². The lowest BCUT2D eigenvalue weighted by Crippen LogP contribution is -2.12. The van der Waals surface area contributed by atoms with E-state index in [0.29, 0.717) is 18.9 Å². The first-order valence-corrected chi connectivity index (χ1v) is 5.22. The lowest BCUT2D eigenvalue weighted by molar-refractivity contribution is 0.472. The Kier molecular flexibility index (Phi) is 4.63. The van der Waals surface area contributed by atoms with Crippen LogP contribution in [0.5, 0.6) is 0 Å². The summed E-state index contributed by atoms with van der Waals surface area (Å²) in [4.78, 5) is 0. The van der Waals surface area contributed by atoms with Crippen molar-refractivity contribution in [1.29, 1.82) is 0 Å². The molecule has 0 saturated heterocycles. The van der Waals surface area contributed by atoms with E-state index in [2.05, 4.69) is 0 Å². The molecule has 0 saturated carbocycles. The van der Waals surface area contributed by atoms with Crippen LogP contribution in [-0.4, -0.2) is 25.3 Å². The molecule has 1 atom stereocenters. The van der Waals surface area contributed by atoms with E-state index >= 15 is 0 Å². The van der Waals surface area contributed by atoms with Gasteiger partial charge in [0.05, 0.1) is 5.75 Å². The van der Waals surface area contributed by atoms with E-state index < -0.39 is 10.1 Å². The molecule has 0 aliphatic carbocycles. The van der Waals surface area contributed by atoms with Crippen molar-refractivity contribution in [3.63, 3.8) is 0 Å². The third-order valence-electron chi connectivity index (χ3n) is 1.50. The maximum Gasteiger partial charge on any atom is 0.264 e. The molecule has 0 aromatic heterocycles. The number of nitrogens with two attached hydrogens (primary N) is 1. The van der Waals surface area contributed by atoms with Crippen molar-refractivity contribution >= 4 is 10.1 Å². The van der Waals surface area contributed by atoms with Gasteiger partial charge in [-0.25, -0.2) is 0 Å². The second-order valence-corrected chi connectivity index (χ2v) is 4.34. The minimum atomic E-state index is -3.77. The highest BCUT2D eigenvalue weighted by Crippen LogP contribution is 2.03. The van der Waals surface area contributed by atoms with E-state index in [-0.39, 0.29) is 5.75 Å². The normalized spacial score (nSPS) is 14.8. The molecule has 11 heavy (non-hydrogen) atoms. The predicted octanol–water partition coefficient (Wildman–Crippen LogP) is 0.249. The van der Waals surface area contributed by atoms with Gasteiger partial charge in [-0.05, 0) is 25.3 Å². The van der Waals surface area contributed by atoms with Crippen LogP contribution in [0.2, 0.25) is 0 Å². The average Bonchev–Trinajstić information content (AvgIpc) is 1.85. The van der Waals surface area contributed by atoms with Crippen molar-refractivity contribution in [2.45, 2.75) is 19.8 Å². The Bertz CT molecular complexity index is 188. The van der Waals surface area contributed by atoms with Crippen molar-refractivity contribution < 1.29 is 13.0 Å². The Morgan fingerprint density at radius 2 is 2.09 bits per heavy atom. The van der Waals surface area contributed by atoms with Gasteiger partial charge in [-0.15, -0.1) is 0 Å². The molecule has 0 heterocycles. The Hall–Kier alpha value is -0.130. The Balaban J connectivity index is 3.43. The number of hydrogen-bond acceptors (Lipinski definition) is 3. The van der Waals surface area contributed by atoms with Gasteiger partial charge >= 0.3 is 0 Å². The molecule has 3 N–H and O–H groups in total. The second-order valence-electron chi connectivity index (χ2n) is 2.77. The number of hydrogen-bond donors (Lipinski definition) is 2. The summed E-state index contributed by atoms with van der Waals surface area (Å²) in [6.45, 7) is 2.51. The van der Waals surface area contributed by atoms with Crippen LogP contribution in [-0.2, 0) is 10.1 Å². The van der Waals surface area contributed by atoms with E-state index in [0.717, 1.165) is 6.42 Å². The largest absolute Gasteiger partial charge is 0.330 e. The van der Waals surface area contributed by atoms with Crippen LogP contribution in [0.4, 0.5) is 0 Å². The van der Waals surface area contributed by atoms with Crippen molar-refractivity contribution in [2.24, 2.45) is 11.7 Å². The molecular formula is C6H15NO3S. The van der Waals surface area contributed by atoms with Crippen LogP contribution < -0.4 is 5.73 Å². The standard InChI is InChI=1S/C6H15NO3S/c1-6(5-7)3-2-4-11(8,9)10/h6H,2-5,7H2,1H3,(H,8,9,10). The highest BCUT2D eigenvalue weighted by molar-refractivity contribution is 7.85. The third-order valence-corrected chi connectivity index (χ3v) is 2.31. The molecule has 0 bridgehead atoms. The zero-order chi connectivity index (χ0) is 8.91. The minimum Gasteiger partial charge on any atom is -0.330 e. The highest BCUT2D eigenvalue weighted by atomic mass is 32.2. The Morgan fingerprint density at radius 1 is 1.55 bits per heavy atom. The highest BCUT2D eigenvalue weighted by Gasteiger charge is 2.05. The summed E-state index contributed by atoms with van der Waals surface area (Å²) in [5, 5.41) is 0. The quantitative estimate of drug-likeness (QED) is 0.596. The van der Waals surface area contributed by atoms with E-state index in [1.807, 2.05) is 6.92 Å². The zero-order valence-corrected chi connectivity index (χ0v) is 7.47. The zero-order valence-electron chi connectivity index (χ0n) is 6.66. The first-order valence-electron chi connectivity index (χ1n) is 3.61. The molecule has 0 fully saturated rings. The van der Waals surface area contributed by atoms with Crippen molar-refractivity contribution in [3.05, 3.63) is 0 Å². The summed E-state index contributed by atoms with van der Waals surface area (Å²) >= 11 is 0. The summed E-state index contributed by atoms with van der Waals surface area (Å²) in [5.74, 6) is 0.175. The molecule has 0 aromatic rings. The fourth-order valence-electron chi connectivity index (χ4n) is 0.732. The third kappa shape index (κ3) is 7.77. The minimum absolute atomic E-state index is 0.155. The van der Waals surface area contributed by atoms with E-state index in [1.54, 1.807) is 0 Å². The Morgan fingerprint density at radius 3 is 2.45 bits per heavy atom. The fourth-order valence-corrected chi connectivity index (χ4v) is 1.26. The van der Waals surface area contributed by atoms with E-state index in [4.69, 9.17) is 10.3 Å². The summed E-state index contributed by atoms with van der Waals surface area (Å²) in [6.07, 6.45) is 1.23.